The largest absolute Gasteiger partial charge is 0.493 e. The molecular weight excluding hydrogens is 560 g/mol. The van der Waals surface area contributed by atoms with E-state index in [4.69, 9.17) is 4.74 Å². The average molecular weight is 594 g/mol. The molecule has 1 aromatic heterocycles. The highest BCUT2D eigenvalue weighted by Gasteiger charge is 2.23. The van der Waals surface area contributed by atoms with Crippen molar-refractivity contribution in [3.05, 3.63) is 118 Å². The van der Waals surface area contributed by atoms with E-state index >= 15 is 0 Å². The first-order valence-corrected chi connectivity index (χ1v) is 14.9. The zero-order valence-electron chi connectivity index (χ0n) is 23.4. The van der Waals surface area contributed by atoms with Gasteiger partial charge in [-0.05, 0) is 91.3 Å². The van der Waals surface area contributed by atoms with E-state index in [9.17, 15) is 23.5 Å². The quantitative estimate of drug-likeness (QED) is 0.168. The molecular formula is C32H33F2N3O4S. The number of nitrogens with one attached hydrogen (secondary N) is 2. The number of hydrogen-bond acceptors (Lipinski definition) is 5. The number of rotatable bonds is 14. The van der Waals surface area contributed by atoms with Crippen LogP contribution in [0.1, 0.15) is 50.9 Å². The van der Waals surface area contributed by atoms with Gasteiger partial charge in [0.2, 0.25) is 0 Å². The van der Waals surface area contributed by atoms with Gasteiger partial charge in [-0.25, -0.2) is 18.6 Å². The number of hydrogen-bond donors (Lipinski definition) is 3. The number of amides is 1. The SMILES string of the molecule is CSCC[C@H](NC(=O)c1cc(OCC(c2ccc(F)cc2)c2cnc(C)[nH]2)ccc1CCc1ccc(F)cc1)C(=O)O. The van der Waals surface area contributed by atoms with Gasteiger partial charge in [0, 0.05) is 17.5 Å². The number of thioether (sulfide) groups is 1. The molecule has 0 fully saturated rings. The number of aliphatic carboxylic acids is 1. The number of H-pyrrole nitrogens is 1. The van der Waals surface area contributed by atoms with Crippen molar-refractivity contribution in [2.45, 2.75) is 38.1 Å². The number of aromatic nitrogens is 2. The van der Waals surface area contributed by atoms with Crippen LogP contribution in [0.4, 0.5) is 8.78 Å². The monoisotopic (exact) mass is 593 g/mol. The highest BCUT2D eigenvalue weighted by atomic mass is 32.2. The van der Waals surface area contributed by atoms with Crippen molar-refractivity contribution in [1.29, 1.82) is 0 Å². The van der Waals surface area contributed by atoms with Crippen LogP contribution in [0, 0.1) is 18.6 Å². The Bertz CT molecular complexity index is 1490. The van der Waals surface area contributed by atoms with Gasteiger partial charge in [0.15, 0.2) is 0 Å². The number of nitrogens with zero attached hydrogens (tertiary/aromatic N) is 1. The van der Waals surface area contributed by atoms with Crippen LogP contribution in [0.2, 0.25) is 0 Å². The van der Waals surface area contributed by atoms with Crippen LogP contribution in [0.15, 0.2) is 72.9 Å². The number of carbonyl (C=O) groups is 2. The summed E-state index contributed by atoms with van der Waals surface area (Å²) >= 11 is 1.50. The molecule has 0 spiro atoms. The second-order valence-corrected chi connectivity index (χ2v) is 10.9. The van der Waals surface area contributed by atoms with E-state index in [1.807, 2.05) is 13.2 Å². The normalized spacial score (nSPS) is 12.5. The topological polar surface area (TPSA) is 104 Å². The van der Waals surface area contributed by atoms with Gasteiger partial charge < -0.3 is 20.1 Å². The standard InChI is InChI=1S/C32H33F2N3O4S/c1-20-35-18-30(36-20)28(23-7-12-25(34)13-8-23)19-41-26-14-9-22(6-3-21-4-10-24(33)11-5-21)27(17-26)31(38)37-29(32(39)40)15-16-42-2/h4-5,7-14,17-18,28-29H,3,6,15-16,19H2,1-2H3,(H,35,36)(H,37,38)(H,39,40)/t28?,29-/m0/s1. The van der Waals surface area contributed by atoms with Gasteiger partial charge in [-0.1, -0.05) is 30.3 Å². The summed E-state index contributed by atoms with van der Waals surface area (Å²) in [5, 5.41) is 12.3. The summed E-state index contributed by atoms with van der Waals surface area (Å²) in [6.07, 6.45) is 4.90. The van der Waals surface area contributed by atoms with Crippen LogP contribution in [0.5, 0.6) is 5.75 Å². The van der Waals surface area contributed by atoms with E-state index in [1.54, 1.807) is 48.7 Å². The van der Waals surface area contributed by atoms with Gasteiger partial charge in [-0.3, -0.25) is 4.79 Å². The Balaban J connectivity index is 1.59. The smallest absolute Gasteiger partial charge is 0.326 e. The maximum absolute atomic E-state index is 13.6. The van der Waals surface area contributed by atoms with Crippen LogP contribution < -0.4 is 10.1 Å². The fourth-order valence-electron chi connectivity index (χ4n) is 4.59. The molecule has 3 aromatic carbocycles. The number of aryl methyl sites for hydroxylation is 3. The first kappa shape index (κ1) is 30.8. The molecule has 1 heterocycles. The van der Waals surface area contributed by atoms with Gasteiger partial charge in [-0.2, -0.15) is 11.8 Å². The number of carbonyl (C=O) groups excluding carboxylic acids is 1. The Morgan fingerprint density at radius 2 is 1.71 bits per heavy atom. The molecule has 220 valence electrons. The third kappa shape index (κ3) is 8.42. The zero-order valence-corrected chi connectivity index (χ0v) is 24.2. The molecule has 2 atom stereocenters. The zero-order chi connectivity index (χ0) is 30.1. The van der Waals surface area contributed by atoms with Gasteiger partial charge in [0.05, 0.1) is 5.92 Å². The van der Waals surface area contributed by atoms with Crippen molar-refractivity contribution < 1.29 is 28.2 Å². The summed E-state index contributed by atoms with van der Waals surface area (Å²) in [6.45, 7) is 2.01. The van der Waals surface area contributed by atoms with E-state index in [-0.39, 0.29) is 30.6 Å². The summed E-state index contributed by atoms with van der Waals surface area (Å²) in [7, 11) is 0. The van der Waals surface area contributed by atoms with E-state index in [0.29, 0.717) is 35.5 Å². The molecule has 3 N–H and O–H groups in total. The molecule has 0 aliphatic heterocycles. The molecule has 42 heavy (non-hydrogen) atoms. The van der Waals surface area contributed by atoms with Crippen LogP contribution in [0.25, 0.3) is 0 Å². The maximum Gasteiger partial charge on any atom is 0.326 e. The number of imidazole rings is 1. The van der Waals surface area contributed by atoms with Gasteiger partial charge in [0.25, 0.3) is 5.91 Å². The predicted octanol–water partition coefficient (Wildman–Crippen LogP) is 5.93. The molecule has 0 saturated heterocycles. The molecule has 1 unspecified atom stereocenters. The molecule has 0 aliphatic carbocycles. The van der Waals surface area contributed by atoms with E-state index in [0.717, 1.165) is 22.6 Å². The van der Waals surface area contributed by atoms with Gasteiger partial charge in [-0.15, -0.1) is 0 Å². The Hall–Kier alpha value is -4.18. The Morgan fingerprint density at radius 3 is 2.33 bits per heavy atom. The highest BCUT2D eigenvalue weighted by Crippen LogP contribution is 2.27. The second-order valence-electron chi connectivity index (χ2n) is 9.93. The minimum Gasteiger partial charge on any atom is -0.493 e. The molecule has 4 rings (SSSR count). The molecule has 0 bridgehead atoms. The first-order chi connectivity index (χ1) is 20.2. The third-order valence-electron chi connectivity index (χ3n) is 6.92. The van der Waals surface area contributed by atoms with Crippen molar-refractivity contribution in [1.82, 2.24) is 15.3 Å². The third-order valence-corrected chi connectivity index (χ3v) is 7.57. The number of ether oxygens (including phenoxy) is 1. The summed E-state index contributed by atoms with van der Waals surface area (Å²) in [6, 6.07) is 16.5. The van der Waals surface area contributed by atoms with Gasteiger partial charge >= 0.3 is 5.97 Å². The Kier molecular flexibility index (Phi) is 10.7. The van der Waals surface area contributed by atoms with Gasteiger partial charge in [0.1, 0.15) is 35.9 Å². The van der Waals surface area contributed by atoms with Crippen molar-refractivity contribution in [3.8, 4) is 5.75 Å². The average Bonchev–Trinajstić information content (AvgIpc) is 3.41. The lowest BCUT2D eigenvalue weighted by atomic mass is 9.96. The first-order valence-electron chi connectivity index (χ1n) is 13.5. The molecule has 10 heteroatoms. The Labute approximate surface area is 247 Å². The second kappa shape index (κ2) is 14.6. The summed E-state index contributed by atoms with van der Waals surface area (Å²) in [4.78, 5) is 32.8. The lowest BCUT2D eigenvalue weighted by Gasteiger charge is -2.19. The minimum atomic E-state index is -1.10. The van der Waals surface area contributed by atoms with Crippen molar-refractivity contribution in [2.24, 2.45) is 0 Å². The lowest BCUT2D eigenvalue weighted by molar-refractivity contribution is -0.139. The van der Waals surface area contributed by atoms with E-state index in [1.165, 1.54) is 36.0 Å². The summed E-state index contributed by atoms with van der Waals surface area (Å²) in [5.74, 6) is -0.837. The number of benzene rings is 3. The van der Waals surface area contributed by atoms with Crippen molar-refractivity contribution in [3.63, 3.8) is 0 Å². The molecule has 0 radical (unpaired) electrons. The molecule has 7 nitrogen and oxygen atoms in total. The highest BCUT2D eigenvalue weighted by molar-refractivity contribution is 7.98. The molecule has 0 aliphatic rings. The number of carboxylic acids is 1. The number of halogens is 2. The summed E-state index contributed by atoms with van der Waals surface area (Å²) in [5.41, 5.74) is 3.54. The number of carboxylic acid groups (broad SMARTS) is 1. The molecule has 1 amide bonds. The van der Waals surface area contributed by atoms with Crippen molar-refractivity contribution >= 4 is 23.6 Å². The van der Waals surface area contributed by atoms with Crippen LogP contribution >= 0.6 is 11.8 Å². The lowest BCUT2D eigenvalue weighted by Crippen LogP contribution is -2.41. The van der Waals surface area contributed by atoms with Crippen molar-refractivity contribution in [2.75, 3.05) is 18.6 Å². The minimum absolute atomic E-state index is 0.175. The molecule has 0 saturated carbocycles. The van der Waals surface area contributed by atoms with Crippen LogP contribution in [-0.2, 0) is 17.6 Å². The maximum atomic E-state index is 13.6. The van der Waals surface area contributed by atoms with E-state index < -0.39 is 17.9 Å². The van der Waals surface area contributed by atoms with Crippen LogP contribution in [-0.4, -0.2) is 51.6 Å². The predicted molar refractivity (Wildman–Crippen MR) is 159 cm³/mol. The van der Waals surface area contributed by atoms with E-state index in [2.05, 4.69) is 15.3 Å². The van der Waals surface area contributed by atoms with Crippen LogP contribution in [0.3, 0.4) is 0 Å². The number of aromatic amines is 1. The molecule has 4 aromatic rings. The summed E-state index contributed by atoms with van der Waals surface area (Å²) < 4.78 is 33.2. The Morgan fingerprint density at radius 1 is 1.02 bits per heavy atom. The fourth-order valence-corrected chi connectivity index (χ4v) is 5.06. The fraction of sp³-hybridized carbons (Fsp3) is 0.281.